The Hall–Kier alpha value is -2.20. The molecule has 0 atom stereocenters. The summed E-state index contributed by atoms with van der Waals surface area (Å²) in [5.74, 6) is -1.70. The molecule has 1 N–H and O–H groups in total. The van der Waals surface area contributed by atoms with Gasteiger partial charge in [-0.1, -0.05) is 6.92 Å². The first-order valence-corrected chi connectivity index (χ1v) is 9.73. The van der Waals surface area contributed by atoms with E-state index in [4.69, 9.17) is 9.47 Å². The van der Waals surface area contributed by atoms with E-state index in [1.54, 1.807) is 18.7 Å². The molecule has 1 amide bonds. The summed E-state index contributed by atoms with van der Waals surface area (Å²) in [6.07, 6.45) is 0.653. The lowest BCUT2D eigenvalue weighted by molar-refractivity contribution is 0.0506. The molecule has 0 radical (unpaired) electrons. The number of thiophene rings is 1. The number of aromatic nitrogens is 2. The fraction of sp³-hybridized carbons (Fsp3) is 0.412. The van der Waals surface area contributed by atoms with Gasteiger partial charge in [-0.05, 0) is 41.8 Å². The largest absolute Gasteiger partial charge is 0.465 e. The van der Waals surface area contributed by atoms with Crippen LogP contribution in [-0.2, 0) is 16.5 Å². The third kappa shape index (κ3) is 4.22. The second kappa shape index (κ2) is 8.66. The van der Waals surface area contributed by atoms with Crippen molar-refractivity contribution in [1.29, 1.82) is 0 Å². The fourth-order valence-electron chi connectivity index (χ4n) is 2.29. The zero-order valence-corrected chi connectivity index (χ0v) is 18.0. The van der Waals surface area contributed by atoms with Crippen LogP contribution in [0.25, 0.3) is 0 Å². The maximum Gasteiger partial charge on any atom is 0.348 e. The number of carbonyl (C=O) groups is 3. The molecule has 0 spiro atoms. The number of hydrogen-bond acceptors (Lipinski definition) is 7. The SMILES string of the molecule is CCCOC(=O)c1c(NC(=O)c2nn(C)c(C)c2Br)sc(C(=O)OC)c1C. The number of esters is 2. The number of hydrogen-bond donors (Lipinski definition) is 1. The van der Waals surface area contributed by atoms with Crippen molar-refractivity contribution in [1.82, 2.24) is 9.78 Å². The highest BCUT2D eigenvalue weighted by Gasteiger charge is 2.28. The smallest absolute Gasteiger partial charge is 0.348 e. The fourth-order valence-corrected chi connectivity index (χ4v) is 3.92. The van der Waals surface area contributed by atoms with E-state index in [-0.39, 0.29) is 27.7 Å². The number of nitrogens with one attached hydrogen (secondary N) is 1. The minimum atomic E-state index is -0.604. The van der Waals surface area contributed by atoms with Gasteiger partial charge in [-0.15, -0.1) is 11.3 Å². The van der Waals surface area contributed by atoms with Crippen molar-refractivity contribution in [2.45, 2.75) is 27.2 Å². The van der Waals surface area contributed by atoms with E-state index in [9.17, 15) is 14.4 Å². The molecule has 0 aromatic carbocycles. The van der Waals surface area contributed by atoms with Crippen molar-refractivity contribution in [2.24, 2.45) is 7.05 Å². The summed E-state index contributed by atoms with van der Waals surface area (Å²) in [6.45, 7) is 5.53. The minimum absolute atomic E-state index is 0.144. The van der Waals surface area contributed by atoms with Crippen LogP contribution in [0.1, 0.15) is 55.1 Å². The van der Waals surface area contributed by atoms with Crippen LogP contribution in [0.2, 0.25) is 0 Å². The molecule has 2 rings (SSSR count). The van der Waals surface area contributed by atoms with E-state index in [0.29, 0.717) is 16.5 Å². The van der Waals surface area contributed by atoms with Crippen molar-refractivity contribution in [3.8, 4) is 0 Å². The molecule has 0 aliphatic heterocycles. The van der Waals surface area contributed by atoms with Crippen LogP contribution in [0.3, 0.4) is 0 Å². The third-order valence-corrected chi connectivity index (χ3v) is 6.00. The molecule has 0 saturated carbocycles. The van der Waals surface area contributed by atoms with Crippen LogP contribution in [0, 0.1) is 13.8 Å². The maximum absolute atomic E-state index is 12.7. The normalized spacial score (nSPS) is 10.6. The number of halogens is 1. The Morgan fingerprint density at radius 2 is 1.93 bits per heavy atom. The lowest BCUT2D eigenvalue weighted by Crippen LogP contribution is -2.16. The lowest BCUT2D eigenvalue weighted by Gasteiger charge is -2.07. The van der Waals surface area contributed by atoms with E-state index < -0.39 is 17.8 Å². The van der Waals surface area contributed by atoms with Gasteiger partial charge in [0.05, 0.1) is 29.4 Å². The molecule has 0 unspecified atom stereocenters. The van der Waals surface area contributed by atoms with E-state index in [0.717, 1.165) is 17.0 Å². The van der Waals surface area contributed by atoms with Crippen LogP contribution in [0.5, 0.6) is 0 Å². The maximum atomic E-state index is 12.7. The predicted octanol–water partition coefficient (Wildman–Crippen LogP) is 3.47. The summed E-state index contributed by atoms with van der Waals surface area (Å²) in [4.78, 5) is 37.4. The highest BCUT2D eigenvalue weighted by Crippen LogP contribution is 2.35. The van der Waals surface area contributed by atoms with E-state index >= 15 is 0 Å². The molecular weight excluding hydrogens is 438 g/mol. The summed E-state index contributed by atoms with van der Waals surface area (Å²) in [5.41, 5.74) is 1.50. The van der Waals surface area contributed by atoms with Crippen molar-refractivity contribution in [3.63, 3.8) is 0 Å². The molecule has 10 heteroatoms. The molecule has 2 aromatic heterocycles. The quantitative estimate of drug-likeness (QED) is 0.666. The van der Waals surface area contributed by atoms with Gasteiger partial charge in [0.15, 0.2) is 5.69 Å². The number of aryl methyl sites for hydroxylation is 1. The average molecular weight is 458 g/mol. The van der Waals surface area contributed by atoms with Gasteiger partial charge in [0.1, 0.15) is 9.88 Å². The molecule has 0 saturated heterocycles. The Morgan fingerprint density at radius 3 is 2.44 bits per heavy atom. The van der Waals surface area contributed by atoms with Gasteiger partial charge >= 0.3 is 11.9 Å². The van der Waals surface area contributed by atoms with Gasteiger partial charge in [-0.25, -0.2) is 9.59 Å². The van der Waals surface area contributed by atoms with Crippen LogP contribution >= 0.6 is 27.3 Å². The first-order chi connectivity index (χ1) is 12.7. The zero-order chi connectivity index (χ0) is 20.3. The molecule has 2 heterocycles. The highest BCUT2D eigenvalue weighted by molar-refractivity contribution is 9.10. The Balaban J connectivity index is 2.44. The monoisotopic (exact) mass is 457 g/mol. The Morgan fingerprint density at radius 1 is 1.26 bits per heavy atom. The van der Waals surface area contributed by atoms with Crippen molar-refractivity contribution < 1.29 is 23.9 Å². The summed E-state index contributed by atoms with van der Waals surface area (Å²) >= 11 is 4.31. The molecule has 0 bridgehead atoms. The third-order valence-electron chi connectivity index (χ3n) is 3.86. The molecule has 8 nitrogen and oxygen atoms in total. The predicted molar refractivity (Wildman–Crippen MR) is 105 cm³/mol. The minimum Gasteiger partial charge on any atom is -0.465 e. The Kier molecular flexibility index (Phi) is 6.77. The number of carbonyl (C=O) groups excluding carboxylic acids is 3. The highest BCUT2D eigenvalue weighted by atomic mass is 79.9. The van der Waals surface area contributed by atoms with E-state index in [2.05, 4.69) is 26.3 Å². The zero-order valence-electron chi connectivity index (χ0n) is 15.6. The van der Waals surface area contributed by atoms with Crippen molar-refractivity contribution in [3.05, 3.63) is 31.9 Å². The standard InChI is InChI=1S/C17H20BrN3O5S/c1-6-7-26-16(23)10-8(2)13(17(24)25-5)27-15(10)19-14(22)12-11(18)9(3)21(4)20-12/h6-7H2,1-5H3,(H,19,22). The Bertz CT molecular complexity index is 903. The van der Waals surface area contributed by atoms with Gasteiger partial charge in [0, 0.05) is 7.05 Å². The summed E-state index contributed by atoms with van der Waals surface area (Å²) in [6, 6.07) is 0. The topological polar surface area (TPSA) is 99.5 Å². The molecular formula is C17H20BrN3O5S. The lowest BCUT2D eigenvalue weighted by atomic mass is 10.1. The molecule has 0 aliphatic rings. The number of rotatable bonds is 6. The molecule has 0 fully saturated rings. The second-order valence-electron chi connectivity index (χ2n) is 5.71. The number of anilines is 1. The van der Waals surface area contributed by atoms with Gasteiger partial charge in [0.2, 0.25) is 0 Å². The van der Waals surface area contributed by atoms with Crippen LogP contribution in [0.15, 0.2) is 4.47 Å². The first kappa shape index (κ1) is 21.1. The molecule has 27 heavy (non-hydrogen) atoms. The summed E-state index contributed by atoms with van der Waals surface area (Å²) < 4.78 is 12.1. The molecule has 146 valence electrons. The summed E-state index contributed by atoms with van der Waals surface area (Å²) in [5, 5.41) is 7.05. The van der Waals surface area contributed by atoms with E-state index in [1.807, 2.05) is 13.8 Å². The van der Waals surface area contributed by atoms with Crippen LogP contribution in [-0.4, -0.2) is 41.3 Å². The first-order valence-electron chi connectivity index (χ1n) is 8.12. The number of amides is 1. The van der Waals surface area contributed by atoms with Gasteiger partial charge in [-0.2, -0.15) is 5.10 Å². The van der Waals surface area contributed by atoms with Gasteiger partial charge < -0.3 is 14.8 Å². The average Bonchev–Trinajstić information content (AvgIpc) is 3.10. The Labute approximate surface area is 169 Å². The molecule has 0 aliphatic carbocycles. The number of methoxy groups -OCH3 is 1. The van der Waals surface area contributed by atoms with Gasteiger partial charge in [-0.3, -0.25) is 9.48 Å². The van der Waals surface area contributed by atoms with Crippen LogP contribution < -0.4 is 5.32 Å². The number of nitrogens with zero attached hydrogens (tertiary/aromatic N) is 2. The second-order valence-corrected chi connectivity index (χ2v) is 7.53. The van der Waals surface area contributed by atoms with Gasteiger partial charge in [0.25, 0.3) is 5.91 Å². The van der Waals surface area contributed by atoms with Crippen LogP contribution in [0.4, 0.5) is 5.00 Å². The van der Waals surface area contributed by atoms with Crippen molar-refractivity contribution in [2.75, 3.05) is 19.0 Å². The van der Waals surface area contributed by atoms with Crippen molar-refractivity contribution >= 4 is 50.1 Å². The molecule has 2 aromatic rings. The van der Waals surface area contributed by atoms with E-state index in [1.165, 1.54) is 7.11 Å². The summed E-state index contributed by atoms with van der Waals surface area (Å²) in [7, 11) is 2.97. The number of ether oxygens (including phenoxy) is 2.